The van der Waals surface area contributed by atoms with E-state index in [2.05, 4.69) is 56.9 Å². The van der Waals surface area contributed by atoms with Crippen molar-refractivity contribution < 1.29 is 4.39 Å². The van der Waals surface area contributed by atoms with Crippen LogP contribution in [0.3, 0.4) is 0 Å². The molecule has 0 aromatic heterocycles. The summed E-state index contributed by atoms with van der Waals surface area (Å²) in [5.41, 5.74) is 2.15. The van der Waals surface area contributed by atoms with Crippen LogP contribution in [0.4, 0.5) is 10.1 Å². The molecule has 1 aromatic rings. The first kappa shape index (κ1) is 17.9. The van der Waals surface area contributed by atoms with Crippen LogP contribution in [0.25, 0.3) is 0 Å². The molecule has 0 aliphatic heterocycles. The maximum Gasteiger partial charge on any atom is 0.123 e. The molecule has 1 N–H and O–H groups in total. The average Bonchev–Trinajstić information content (AvgIpc) is 2.38. The van der Waals surface area contributed by atoms with Gasteiger partial charge in [0.1, 0.15) is 5.82 Å². The molecule has 0 aliphatic rings. The second-order valence-electron chi connectivity index (χ2n) is 6.21. The quantitative estimate of drug-likeness (QED) is 0.795. The first-order valence-electron chi connectivity index (χ1n) is 7.78. The summed E-state index contributed by atoms with van der Waals surface area (Å²) in [4.78, 5) is 4.53. The molecule has 1 atom stereocenters. The van der Waals surface area contributed by atoms with Gasteiger partial charge in [-0.3, -0.25) is 0 Å². The number of benzene rings is 1. The van der Waals surface area contributed by atoms with Crippen LogP contribution in [0.2, 0.25) is 0 Å². The minimum atomic E-state index is -0.171. The predicted molar refractivity (Wildman–Crippen MR) is 89.4 cm³/mol. The molecule has 21 heavy (non-hydrogen) atoms. The van der Waals surface area contributed by atoms with Crippen LogP contribution >= 0.6 is 0 Å². The summed E-state index contributed by atoms with van der Waals surface area (Å²) in [6.45, 7) is 11.1. The van der Waals surface area contributed by atoms with E-state index in [1.807, 2.05) is 6.07 Å². The van der Waals surface area contributed by atoms with Gasteiger partial charge in [-0.15, -0.1) is 0 Å². The highest BCUT2D eigenvalue weighted by Gasteiger charge is 2.17. The van der Waals surface area contributed by atoms with E-state index in [4.69, 9.17) is 0 Å². The molecule has 0 spiro atoms. The average molecular weight is 295 g/mol. The van der Waals surface area contributed by atoms with E-state index in [0.29, 0.717) is 18.6 Å². The van der Waals surface area contributed by atoms with Gasteiger partial charge in [0.2, 0.25) is 0 Å². The van der Waals surface area contributed by atoms with Crippen LogP contribution in [0, 0.1) is 5.82 Å². The number of likely N-dealkylation sites (N-methyl/N-ethyl adjacent to an activating group) is 2. The Hall–Kier alpha value is -1.13. The summed E-state index contributed by atoms with van der Waals surface area (Å²) in [5, 5.41) is 3.38. The number of anilines is 1. The molecule has 0 amide bonds. The third kappa shape index (κ3) is 5.64. The van der Waals surface area contributed by atoms with E-state index in [1.54, 1.807) is 12.1 Å². The lowest BCUT2D eigenvalue weighted by Gasteiger charge is -2.33. The van der Waals surface area contributed by atoms with Crippen molar-refractivity contribution in [3.8, 4) is 0 Å². The van der Waals surface area contributed by atoms with E-state index >= 15 is 0 Å². The molecule has 3 nitrogen and oxygen atoms in total. The zero-order valence-corrected chi connectivity index (χ0v) is 14.3. The number of rotatable bonds is 8. The fourth-order valence-corrected chi connectivity index (χ4v) is 2.64. The third-order valence-corrected chi connectivity index (χ3v) is 3.55. The highest BCUT2D eigenvalue weighted by atomic mass is 19.1. The Balaban J connectivity index is 3.01. The van der Waals surface area contributed by atoms with Crippen molar-refractivity contribution in [3.63, 3.8) is 0 Å². The monoisotopic (exact) mass is 295 g/mol. The fraction of sp³-hybridized carbons (Fsp3) is 0.647. The zero-order chi connectivity index (χ0) is 16.0. The van der Waals surface area contributed by atoms with Gasteiger partial charge in [-0.2, -0.15) is 0 Å². The summed E-state index contributed by atoms with van der Waals surface area (Å²) in [6.07, 6.45) is 0. The van der Waals surface area contributed by atoms with Crippen molar-refractivity contribution in [2.45, 2.75) is 46.3 Å². The summed E-state index contributed by atoms with van der Waals surface area (Å²) >= 11 is 0. The van der Waals surface area contributed by atoms with Crippen LogP contribution in [0.5, 0.6) is 0 Å². The van der Waals surface area contributed by atoms with E-state index in [0.717, 1.165) is 24.3 Å². The van der Waals surface area contributed by atoms with Gasteiger partial charge in [0.05, 0.1) is 0 Å². The van der Waals surface area contributed by atoms with E-state index < -0.39 is 0 Å². The first-order valence-corrected chi connectivity index (χ1v) is 7.78. The molecule has 0 saturated heterocycles. The van der Waals surface area contributed by atoms with Crippen molar-refractivity contribution in [2.75, 3.05) is 32.1 Å². The minimum Gasteiger partial charge on any atom is -0.368 e. The van der Waals surface area contributed by atoms with Gasteiger partial charge in [-0.25, -0.2) is 4.39 Å². The smallest absolute Gasteiger partial charge is 0.123 e. The van der Waals surface area contributed by atoms with Crippen LogP contribution in [-0.4, -0.2) is 44.2 Å². The Bertz CT molecular complexity index is 432. The van der Waals surface area contributed by atoms with Gasteiger partial charge in [0, 0.05) is 37.4 Å². The van der Waals surface area contributed by atoms with Gasteiger partial charge >= 0.3 is 0 Å². The molecular weight excluding hydrogens is 265 g/mol. The normalized spacial score (nSPS) is 13.0. The zero-order valence-electron chi connectivity index (χ0n) is 14.3. The van der Waals surface area contributed by atoms with Crippen LogP contribution in [0.1, 0.15) is 33.3 Å². The molecule has 0 saturated carbocycles. The summed E-state index contributed by atoms with van der Waals surface area (Å²) in [5.74, 6) is -0.171. The second-order valence-corrected chi connectivity index (χ2v) is 6.21. The summed E-state index contributed by atoms with van der Waals surface area (Å²) in [6, 6.07) is 5.88. The van der Waals surface area contributed by atoms with E-state index in [9.17, 15) is 4.39 Å². The predicted octanol–water partition coefficient (Wildman–Crippen LogP) is 3.10. The lowest BCUT2D eigenvalue weighted by Crippen LogP contribution is -2.40. The fourth-order valence-electron chi connectivity index (χ4n) is 2.64. The molecule has 0 aliphatic carbocycles. The number of hydrogen-bond donors (Lipinski definition) is 1. The molecular formula is C17H30FN3. The summed E-state index contributed by atoms with van der Waals surface area (Å²) in [7, 11) is 4.16. The Morgan fingerprint density at radius 2 is 1.86 bits per heavy atom. The maximum absolute atomic E-state index is 13.6. The van der Waals surface area contributed by atoms with Gasteiger partial charge < -0.3 is 15.1 Å². The molecule has 4 heteroatoms. The molecule has 0 heterocycles. The Morgan fingerprint density at radius 1 is 1.19 bits per heavy atom. The van der Waals surface area contributed by atoms with Crippen molar-refractivity contribution in [1.82, 2.24) is 10.2 Å². The Morgan fingerprint density at radius 3 is 2.38 bits per heavy atom. The standard InChI is InChI=1S/C17H30FN3/c1-7-21(14(4)12-20(5)6)17-9-8-16(18)10-15(17)11-19-13(2)3/h8-10,13-14,19H,7,11-12H2,1-6H3. The van der Waals surface area contributed by atoms with Crippen LogP contribution in [0.15, 0.2) is 18.2 Å². The Labute approximate surface area is 129 Å². The highest BCUT2D eigenvalue weighted by Crippen LogP contribution is 2.24. The van der Waals surface area contributed by atoms with Crippen molar-refractivity contribution in [2.24, 2.45) is 0 Å². The molecule has 1 aromatic carbocycles. The topological polar surface area (TPSA) is 18.5 Å². The number of halogens is 1. The molecule has 0 radical (unpaired) electrons. The van der Waals surface area contributed by atoms with Crippen LogP contribution in [-0.2, 0) is 6.54 Å². The first-order chi connectivity index (χ1) is 9.85. The van der Waals surface area contributed by atoms with E-state index in [-0.39, 0.29) is 5.82 Å². The molecule has 1 rings (SSSR count). The molecule has 1 unspecified atom stereocenters. The molecule has 0 bridgehead atoms. The molecule has 120 valence electrons. The lowest BCUT2D eigenvalue weighted by molar-refractivity contribution is 0.372. The summed E-state index contributed by atoms with van der Waals surface area (Å²) < 4.78 is 13.6. The van der Waals surface area contributed by atoms with Crippen LogP contribution < -0.4 is 10.2 Å². The number of nitrogens with zero attached hydrogens (tertiary/aromatic N) is 2. The molecule has 0 fully saturated rings. The highest BCUT2D eigenvalue weighted by molar-refractivity contribution is 5.54. The van der Waals surface area contributed by atoms with Crippen molar-refractivity contribution >= 4 is 5.69 Å². The number of hydrogen-bond acceptors (Lipinski definition) is 3. The van der Waals surface area contributed by atoms with E-state index in [1.165, 1.54) is 0 Å². The Kier molecular flexibility index (Phi) is 7.12. The third-order valence-electron chi connectivity index (χ3n) is 3.55. The van der Waals surface area contributed by atoms with Crippen molar-refractivity contribution in [3.05, 3.63) is 29.6 Å². The van der Waals surface area contributed by atoms with Gasteiger partial charge in [0.25, 0.3) is 0 Å². The SMILES string of the molecule is CCN(c1ccc(F)cc1CNC(C)C)C(C)CN(C)C. The van der Waals surface area contributed by atoms with Crippen molar-refractivity contribution in [1.29, 1.82) is 0 Å². The number of nitrogens with one attached hydrogen (secondary N) is 1. The second kappa shape index (κ2) is 8.35. The lowest BCUT2D eigenvalue weighted by atomic mass is 10.1. The largest absolute Gasteiger partial charge is 0.368 e. The maximum atomic E-state index is 13.6. The van der Waals surface area contributed by atoms with Gasteiger partial charge in [-0.1, -0.05) is 13.8 Å². The van der Waals surface area contributed by atoms with Gasteiger partial charge in [0.15, 0.2) is 0 Å². The van der Waals surface area contributed by atoms with Gasteiger partial charge in [-0.05, 0) is 51.7 Å². The minimum absolute atomic E-state index is 0.171.